The van der Waals surface area contributed by atoms with Gasteiger partial charge in [0.2, 0.25) is 5.88 Å². The monoisotopic (exact) mass is 300 g/mol. The van der Waals surface area contributed by atoms with Crippen molar-refractivity contribution in [3.8, 4) is 11.6 Å². The molecular weight excluding hydrogens is 280 g/mol. The van der Waals surface area contributed by atoms with Crippen molar-refractivity contribution < 1.29 is 14.3 Å². The highest BCUT2D eigenvalue weighted by molar-refractivity contribution is 5.80. The van der Waals surface area contributed by atoms with E-state index in [2.05, 4.69) is 10.3 Å². The number of aryl methyl sites for hydroxylation is 1. The molecule has 0 radical (unpaired) electrons. The zero-order chi connectivity index (χ0) is 15.9. The lowest BCUT2D eigenvalue weighted by molar-refractivity contribution is -0.127. The maximum Gasteiger partial charge on any atom is 0.261 e. The van der Waals surface area contributed by atoms with Gasteiger partial charge in [0.05, 0.1) is 7.11 Å². The lowest BCUT2D eigenvalue weighted by atomic mass is 10.2. The number of hydrogen-bond donors (Lipinski definition) is 1. The number of aromatic nitrogens is 1. The SMILES string of the molecule is COc1cc(CNC(=O)C(C)Oc2ccc(C)cc2)ccn1. The van der Waals surface area contributed by atoms with E-state index in [0.717, 1.165) is 11.1 Å². The smallest absolute Gasteiger partial charge is 0.261 e. The van der Waals surface area contributed by atoms with Gasteiger partial charge in [-0.15, -0.1) is 0 Å². The van der Waals surface area contributed by atoms with E-state index in [4.69, 9.17) is 9.47 Å². The summed E-state index contributed by atoms with van der Waals surface area (Å²) in [6.07, 6.45) is 1.08. The Balaban J connectivity index is 1.86. The minimum atomic E-state index is -0.563. The molecule has 2 aromatic rings. The van der Waals surface area contributed by atoms with Crippen LogP contribution in [0.15, 0.2) is 42.6 Å². The molecule has 0 fully saturated rings. The van der Waals surface area contributed by atoms with Crippen molar-refractivity contribution in [1.82, 2.24) is 10.3 Å². The highest BCUT2D eigenvalue weighted by Crippen LogP contribution is 2.13. The van der Waals surface area contributed by atoms with Crippen molar-refractivity contribution in [2.75, 3.05) is 7.11 Å². The Bertz CT molecular complexity index is 626. The first-order valence-electron chi connectivity index (χ1n) is 7.08. The fourth-order valence-corrected chi connectivity index (χ4v) is 1.88. The summed E-state index contributed by atoms with van der Waals surface area (Å²) in [4.78, 5) is 16.1. The second-order valence-electron chi connectivity index (χ2n) is 5.00. The summed E-state index contributed by atoms with van der Waals surface area (Å²) in [5, 5.41) is 2.83. The van der Waals surface area contributed by atoms with Gasteiger partial charge >= 0.3 is 0 Å². The van der Waals surface area contributed by atoms with E-state index in [1.165, 1.54) is 0 Å². The lowest BCUT2D eigenvalue weighted by Gasteiger charge is -2.15. The zero-order valence-electron chi connectivity index (χ0n) is 13.0. The third-order valence-electron chi connectivity index (χ3n) is 3.18. The van der Waals surface area contributed by atoms with Gasteiger partial charge in [-0.05, 0) is 37.6 Å². The second-order valence-corrected chi connectivity index (χ2v) is 5.00. The average molecular weight is 300 g/mol. The molecule has 1 heterocycles. The maximum atomic E-state index is 12.1. The van der Waals surface area contributed by atoms with Crippen molar-refractivity contribution in [2.24, 2.45) is 0 Å². The van der Waals surface area contributed by atoms with Crippen LogP contribution in [0.1, 0.15) is 18.1 Å². The Labute approximate surface area is 130 Å². The second kappa shape index (κ2) is 7.45. The van der Waals surface area contributed by atoms with Crippen molar-refractivity contribution in [2.45, 2.75) is 26.5 Å². The molecule has 1 unspecified atom stereocenters. The molecule has 0 aliphatic rings. The quantitative estimate of drug-likeness (QED) is 0.890. The van der Waals surface area contributed by atoms with Crippen LogP contribution in [0.4, 0.5) is 0 Å². The highest BCUT2D eigenvalue weighted by atomic mass is 16.5. The van der Waals surface area contributed by atoms with Crippen LogP contribution >= 0.6 is 0 Å². The summed E-state index contributed by atoms with van der Waals surface area (Å²) in [7, 11) is 1.56. The van der Waals surface area contributed by atoms with Crippen molar-refractivity contribution in [1.29, 1.82) is 0 Å². The van der Waals surface area contributed by atoms with Crippen LogP contribution in [0.3, 0.4) is 0 Å². The first-order chi connectivity index (χ1) is 10.6. The number of methoxy groups -OCH3 is 1. The minimum Gasteiger partial charge on any atom is -0.481 e. The third-order valence-corrected chi connectivity index (χ3v) is 3.18. The van der Waals surface area contributed by atoms with E-state index in [1.807, 2.05) is 37.3 Å². The fraction of sp³-hybridized carbons (Fsp3) is 0.294. The molecule has 0 saturated carbocycles. The number of benzene rings is 1. The molecule has 5 heteroatoms. The largest absolute Gasteiger partial charge is 0.481 e. The molecule has 1 N–H and O–H groups in total. The van der Waals surface area contributed by atoms with Crippen LogP contribution < -0.4 is 14.8 Å². The molecule has 0 aliphatic carbocycles. The summed E-state index contributed by atoms with van der Waals surface area (Å²) >= 11 is 0. The van der Waals surface area contributed by atoms with Crippen molar-refractivity contribution in [3.05, 3.63) is 53.7 Å². The van der Waals surface area contributed by atoms with Gasteiger partial charge in [0.1, 0.15) is 5.75 Å². The van der Waals surface area contributed by atoms with E-state index in [1.54, 1.807) is 26.3 Å². The van der Waals surface area contributed by atoms with Crippen LogP contribution in [0.25, 0.3) is 0 Å². The molecule has 1 aromatic heterocycles. The Morgan fingerprint density at radius 1 is 1.27 bits per heavy atom. The Morgan fingerprint density at radius 2 is 2.00 bits per heavy atom. The highest BCUT2D eigenvalue weighted by Gasteiger charge is 2.14. The van der Waals surface area contributed by atoms with Crippen molar-refractivity contribution >= 4 is 5.91 Å². The Kier molecular flexibility index (Phi) is 5.36. The van der Waals surface area contributed by atoms with Crippen LogP contribution in [0, 0.1) is 6.92 Å². The number of amides is 1. The normalized spacial score (nSPS) is 11.6. The van der Waals surface area contributed by atoms with E-state index >= 15 is 0 Å². The molecule has 2 rings (SSSR count). The number of carbonyl (C=O) groups is 1. The topological polar surface area (TPSA) is 60.5 Å². The maximum absolute atomic E-state index is 12.1. The number of hydrogen-bond acceptors (Lipinski definition) is 4. The van der Waals surface area contributed by atoms with Crippen molar-refractivity contribution in [3.63, 3.8) is 0 Å². The third kappa shape index (κ3) is 4.48. The predicted molar refractivity (Wildman–Crippen MR) is 83.9 cm³/mol. The molecule has 0 saturated heterocycles. The summed E-state index contributed by atoms with van der Waals surface area (Å²) in [6.45, 7) is 4.13. The van der Waals surface area contributed by atoms with Crippen LogP contribution in [-0.4, -0.2) is 24.1 Å². The summed E-state index contributed by atoms with van der Waals surface area (Å²) in [5.74, 6) is 1.03. The molecule has 0 aliphatic heterocycles. The van der Waals surface area contributed by atoms with Gasteiger partial charge in [-0.2, -0.15) is 0 Å². The number of pyridine rings is 1. The number of ether oxygens (including phenoxy) is 2. The average Bonchev–Trinajstić information content (AvgIpc) is 2.54. The minimum absolute atomic E-state index is 0.170. The molecule has 22 heavy (non-hydrogen) atoms. The van der Waals surface area contributed by atoms with Gasteiger partial charge in [-0.25, -0.2) is 4.98 Å². The van der Waals surface area contributed by atoms with Crippen LogP contribution in [0.5, 0.6) is 11.6 Å². The van der Waals surface area contributed by atoms with E-state index in [9.17, 15) is 4.79 Å². The zero-order valence-corrected chi connectivity index (χ0v) is 13.0. The van der Waals surface area contributed by atoms with Crippen LogP contribution in [0.2, 0.25) is 0 Å². The molecule has 1 amide bonds. The van der Waals surface area contributed by atoms with Gasteiger partial charge < -0.3 is 14.8 Å². The Hall–Kier alpha value is -2.56. The Morgan fingerprint density at radius 3 is 2.68 bits per heavy atom. The molecule has 1 aromatic carbocycles. The first-order valence-corrected chi connectivity index (χ1v) is 7.08. The summed E-state index contributed by atoms with van der Waals surface area (Å²) in [5.41, 5.74) is 2.07. The number of nitrogens with one attached hydrogen (secondary N) is 1. The van der Waals surface area contributed by atoms with Gasteiger partial charge in [-0.1, -0.05) is 17.7 Å². The standard InChI is InChI=1S/C17H20N2O3/c1-12-4-6-15(7-5-12)22-13(2)17(20)19-11-14-8-9-18-16(10-14)21-3/h4-10,13H,11H2,1-3H3,(H,19,20). The number of carbonyl (C=O) groups excluding carboxylic acids is 1. The van der Waals surface area contributed by atoms with Gasteiger partial charge in [-0.3, -0.25) is 4.79 Å². The molecule has 116 valence electrons. The summed E-state index contributed by atoms with van der Waals surface area (Å²) in [6, 6.07) is 11.2. The van der Waals surface area contributed by atoms with E-state index in [-0.39, 0.29) is 5.91 Å². The molecule has 0 bridgehead atoms. The van der Waals surface area contributed by atoms with Gasteiger partial charge in [0, 0.05) is 18.8 Å². The molecular formula is C17H20N2O3. The number of nitrogens with zero attached hydrogens (tertiary/aromatic N) is 1. The fourth-order valence-electron chi connectivity index (χ4n) is 1.88. The molecule has 1 atom stereocenters. The van der Waals surface area contributed by atoms with Crippen LogP contribution in [-0.2, 0) is 11.3 Å². The van der Waals surface area contributed by atoms with E-state index in [0.29, 0.717) is 18.2 Å². The lowest BCUT2D eigenvalue weighted by Crippen LogP contribution is -2.35. The molecule has 0 spiro atoms. The van der Waals surface area contributed by atoms with Gasteiger partial charge in [0.25, 0.3) is 5.91 Å². The van der Waals surface area contributed by atoms with E-state index < -0.39 is 6.10 Å². The number of rotatable bonds is 6. The predicted octanol–water partition coefficient (Wildman–Crippen LogP) is 2.48. The summed E-state index contributed by atoms with van der Waals surface area (Å²) < 4.78 is 10.7. The first kappa shape index (κ1) is 15.8. The van der Waals surface area contributed by atoms with Gasteiger partial charge in [0.15, 0.2) is 6.10 Å². The molecule has 5 nitrogen and oxygen atoms in total.